The predicted molar refractivity (Wildman–Crippen MR) is 79.0 cm³/mol. The SMILES string of the molecule is CNC(CC1CCCC1)c1cc(Br)c(F)cc1OC. The molecule has 1 aliphatic rings. The maximum absolute atomic E-state index is 13.6. The van der Waals surface area contributed by atoms with Crippen molar-refractivity contribution in [1.82, 2.24) is 5.32 Å². The van der Waals surface area contributed by atoms with Gasteiger partial charge in [0.25, 0.3) is 0 Å². The fourth-order valence-electron chi connectivity index (χ4n) is 2.97. The Morgan fingerprint density at radius 2 is 2.11 bits per heavy atom. The Morgan fingerprint density at radius 1 is 1.42 bits per heavy atom. The average molecular weight is 330 g/mol. The summed E-state index contributed by atoms with van der Waals surface area (Å²) in [5.74, 6) is 1.11. The molecule has 106 valence electrons. The molecule has 1 N–H and O–H groups in total. The Kier molecular flexibility index (Phi) is 5.22. The first-order valence-corrected chi connectivity index (χ1v) is 7.65. The molecule has 0 heterocycles. The van der Waals surface area contributed by atoms with Crippen molar-refractivity contribution < 1.29 is 9.13 Å². The molecule has 4 heteroatoms. The summed E-state index contributed by atoms with van der Waals surface area (Å²) in [6.45, 7) is 0. The molecule has 0 saturated heterocycles. The lowest BCUT2D eigenvalue weighted by atomic mass is 9.93. The van der Waals surface area contributed by atoms with Gasteiger partial charge >= 0.3 is 0 Å². The zero-order valence-corrected chi connectivity index (χ0v) is 13.1. The molecule has 2 rings (SSSR count). The molecule has 1 fully saturated rings. The average Bonchev–Trinajstić information content (AvgIpc) is 2.91. The Hall–Kier alpha value is -0.610. The van der Waals surface area contributed by atoms with Crippen molar-refractivity contribution in [3.63, 3.8) is 0 Å². The van der Waals surface area contributed by atoms with Gasteiger partial charge in [0.2, 0.25) is 0 Å². The van der Waals surface area contributed by atoms with Gasteiger partial charge in [-0.15, -0.1) is 0 Å². The van der Waals surface area contributed by atoms with Crippen LogP contribution in [0.4, 0.5) is 4.39 Å². The summed E-state index contributed by atoms with van der Waals surface area (Å²) >= 11 is 3.26. The van der Waals surface area contributed by atoms with Crippen LogP contribution in [0, 0.1) is 11.7 Å². The standard InChI is InChI=1S/C15H21BrFNO/c1-18-14(7-10-5-3-4-6-10)11-8-12(16)13(17)9-15(11)19-2/h8-10,14,18H,3-7H2,1-2H3. The molecule has 19 heavy (non-hydrogen) atoms. The van der Waals surface area contributed by atoms with Crippen LogP contribution in [0.1, 0.15) is 43.7 Å². The van der Waals surface area contributed by atoms with Crippen molar-refractivity contribution in [2.45, 2.75) is 38.1 Å². The minimum absolute atomic E-state index is 0.218. The summed E-state index contributed by atoms with van der Waals surface area (Å²) in [5.41, 5.74) is 1.03. The minimum Gasteiger partial charge on any atom is -0.496 e. The van der Waals surface area contributed by atoms with Gasteiger partial charge in [-0.3, -0.25) is 0 Å². The second-order valence-electron chi connectivity index (χ2n) is 5.24. The molecular weight excluding hydrogens is 309 g/mol. The fraction of sp³-hybridized carbons (Fsp3) is 0.600. The third-order valence-corrected chi connectivity index (χ3v) is 4.65. The van der Waals surface area contributed by atoms with Crippen molar-refractivity contribution in [3.05, 3.63) is 28.0 Å². The summed E-state index contributed by atoms with van der Waals surface area (Å²) in [5, 5.41) is 3.34. The summed E-state index contributed by atoms with van der Waals surface area (Å²) < 4.78 is 19.4. The number of rotatable bonds is 5. The van der Waals surface area contributed by atoms with E-state index in [4.69, 9.17) is 4.74 Å². The largest absolute Gasteiger partial charge is 0.496 e. The summed E-state index contributed by atoms with van der Waals surface area (Å²) in [7, 11) is 3.55. The van der Waals surface area contributed by atoms with E-state index in [1.165, 1.54) is 31.7 Å². The fourth-order valence-corrected chi connectivity index (χ4v) is 3.33. The summed E-state index contributed by atoms with van der Waals surface area (Å²) in [6, 6.07) is 3.51. The Morgan fingerprint density at radius 3 is 2.68 bits per heavy atom. The van der Waals surface area contributed by atoms with E-state index in [9.17, 15) is 4.39 Å². The highest BCUT2D eigenvalue weighted by Gasteiger charge is 2.23. The van der Waals surface area contributed by atoms with Crippen LogP contribution in [0.2, 0.25) is 0 Å². The number of methoxy groups -OCH3 is 1. The predicted octanol–water partition coefficient (Wildman–Crippen LogP) is 4.44. The molecule has 0 radical (unpaired) electrons. The van der Waals surface area contributed by atoms with Crippen LogP contribution in [-0.2, 0) is 0 Å². The van der Waals surface area contributed by atoms with Crippen LogP contribution in [0.5, 0.6) is 5.75 Å². The molecule has 1 aromatic rings. The highest BCUT2D eigenvalue weighted by atomic mass is 79.9. The summed E-state index contributed by atoms with van der Waals surface area (Å²) in [6.07, 6.45) is 6.38. The lowest BCUT2D eigenvalue weighted by molar-refractivity contribution is 0.374. The maximum Gasteiger partial charge on any atom is 0.141 e. The number of nitrogens with one attached hydrogen (secondary N) is 1. The van der Waals surface area contributed by atoms with Gasteiger partial charge in [0.15, 0.2) is 0 Å². The van der Waals surface area contributed by atoms with Crippen LogP contribution >= 0.6 is 15.9 Å². The molecule has 0 spiro atoms. The van der Waals surface area contributed by atoms with Crippen LogP contribution in [-0.4, -0.2) is 14.2 Å². The molecule has 0 bridgehead atoms. The maximum atomic E-state index is 13.6. The van der Waals surface area contributed by atoms with E-state index in [2.05, 4.69) is 21.2 Å². The second-order valence-corrected chi connectivity index (χ2v) is 6.09. The van der Waals surface area contributed by atoms with Gasteiger partial charge in [-0.25, -0.2) is 4.39 Å². The molecule has 0 amide bonds. The van der Waals surface area contributed by atoms with E-state index >= 15 is 0 Å². The molecule has 1 unspecified atom stereocenters. The topological polar surface area (TPSA) is 21.3 Å². The molecule has 2 nitrogen and oxygen atoms in total. The number of halogens is 2. The first-order valence-electron chi connectivity index (χ1n) is 6.86. The third-order valence-electron chi connectivity index (χ3n) is 4.04. The molecule has 1 aromatic carbocycles. The lowest BCUT2D eigenvalue weighted by Crippen LogP contribution is -2.20. The number of hydrogen-bond donors (Lipinski definition) is 1. The Balaban J connectivity index is 2.23. The van der Waals surface area contributed by atoms with Crippen molar-refractivity contribution in [2.75, 3.05) is 14.2 Å². The van der Waals surface area contributed by atoms with Gasteiger partial charge in [-0.1, -0.05) is 25.7 Å². The van der Waals surface area contributed by atoms with E-state index in [0.717, 1.165) is 17.9 Å². The molecular formula is C15H21BrFNO. The zero-order valence-electron chi connectivity index (χ0n) is 11.5. The van der Waals surface area contributed by atoms with Crippen molar-refractivity contribution in [1.29, 1.82) is 0 Å². The third kappa shape index (κ3) is 3.48. The highest BCUT2D eigenvalue weighted by molar-refractivity contribution is 9.10. The Bertz CT molecular complexity index is 432. The normalized spacial score (nSPS) is 17.7. The van der Waals surface area contributed by atoms with Gasteiger partial charge in [0.1, 0.15) is 11.6 Å². The van der Waals surface area contributed by atoms with Crippen LogP contribution in [0.15, 0.2) is 16.6 Å². The number of benzene rings is 1. The number of hydrogen-bond acceptors (Lipinski definition) is 2. The van der Waals surface area contributed by atoms with E-state index in [1.54, 1.807) is 7.11 Å². The molecule has 0 aromatic heterocycles. The van der Waals surface area contributed by atoms with Gasteiger partial charge < -0.3 is 10.1 Å². The molecule has 1 atom stereocenters. The monoisotopic (exact) mass is 329 g/mol. The first-order chi connectivity index (χ1) is 9.15. The minimum atomic E-state index is -0.281. The van der Waals surface area contributed by atoms with Crippen molar-refractivity contribution in [3.8, 4) is 5.75 Å². The van der Waals surface area contributed by atoms with E-state index in [0.29, 0.717) is 10.2 Å². The Labute approximate surface area is 122 Å². The molecule has 1 aliphatic carbocycles. The lowest BCUT2D eigenvalue weighted by Gasteiger charge is -2.23. The summed E-state index contributed by atoms with van der Waals surface area (Å²) in [4.78, 5) is 0. The smallest absolute Gasteiger partial charge is 0.141 e. The first kappa shape index (κ1) is 14.8. The van der Waals surface area contributed by atoms with Crippen LogP contribution in [0.3, 0.4) is 0 Å². The molecule has 1 saturated carbocycles. The highest BCUT2D eigenvalue weighted by Crippen LogP contribution is 2.37. The quantitative estimate of drug-likeness (QED) is 0.862. The van der Waals surface area contributed by atoms with E-state index in [1.807, 2.05) is 13.1 Å². The van der Waals surface area contributed by atoms with Crippen LogP contribution in [0.25, 0.3) is 0 Å². The molecule has 0 aliphatic heterocycles. The van der Waals surface area contributed by atoms with Gasteiger partial charge in [-0.05, 0) is 41.4 Å². The van der Waals surface area contributed by atoms with Crippen molar-refractivity contribution >= 4 is 15.9 Å². The van der Waals surface area contributed by atoms with Gasteiger partial charge in [0, 0.05) is 17.7 Å². The van der Waals surface area contributed by atoms with Crippen LogP contribution < -0.4 is 10.1 Å². The van der Waals surface area contributed by atoms with Gasteiger partial charge in [-0.2, -0.15) is 0 Å². The number of ether oxygens (including phenoxy) is 1. The van der Waals surface area contributed by atoms with E-state index in [-0.39, 0.29) is 11.9 Å². The van der Waals surface area contributed by atoms with Gasteiger partial charge in [0.05, 0.1) is 11.6 Å². The second kappa shape index (κ2) is 6.71. The zero-order chi connectivity index (χ0) is 13.8. The van der Waals surface area contributed by atoms with E-state index < -0.39 is 0 Å². The van der Waals surface area contributed by atoms with Crippen molar-refractivity contribution in [2.24, 2.45) is 5.92 Å².